The van der Waals surface area contributed by atoms with Crippen LogP contribution >= 0.6 is 34.8 Å². The van der Waals surface area contributed by atoms with Gasteiger partial charge in [-0.25, -0.2) is 13.1 Å². The van der Waals surface area contributed by atoms with Crippen LogP contribution in [0.3, 0.4) is 0 Å². The van der Waals surface area contributed by atoms with Crippen LogP contribution in [0.1, 0.15) is 54.9 Å². The number of allylic oxidation sites excluding steroid dienone is 3. The van der Waals surface area contributed by atoms with Crippen LogP contribution in [-0.2, 0) is 27.0 Å². The summed E-state index contributed by atoms with van der Waals surface area (Å²) < 4.78 is 36.8. The van der Waals surface area contributed by atoms with Gasteiger partial charge in [0.05, 0.1) is 32.5 Å². The predicted molar refractivity (Wildman–Crippen MR) is 165 cm³/mol. The van der Waals surface area contributed by atoms with Gasteiger partial charge in [-0.05, 0) is 68.2 Å². The number of sulfonamides is 1. The minimum atomic E-state index is -3.65. The molecule has 1 aromatic heterocycles. The molecule has 2 saturated carbocycles. The summed E-state index contributed by atoms with van der Waals surface area (Å²) in [5, 5.41) is 17.0. The Morgan fingerprint density at radius 2 is 1.86 bits per heavy atom. The van der Waals surface area contributed by atoms with E-state index in [1.54, 1.807) is 48.6 Å². The summed E-state index contributed by atoms with van der Waals surface area (Å²) in [6.07, 6.45) is 9.65. The molecular weight excluding hydrogens is 635 g/mol. The largest absolute Gasteiger partial charge is 0.489 e. The fourth-order valence-electron chi connectivity index (χ4n) is 5.93. The van der Waals surface area contributed by atoms with Gasteiger partial charge in [-0.2, -0.15) is 0 Å². The zero-order valence-electron chi connectivity index (χ0n) is 23.1. The van der Waals surface area contributed by atoms with Crippen molar-refractivity contribution in [3.05, 3.63) is 92.2 Å². The Morgan fingerprint density at radius 1 is 1.14 bits per heavy atom. The summed E-state index contributed by atoms with van der Waals surface area (Å²) >= 11 is 19.6. The van der Waals surface area contributed by atoms with Crippen LogP contribution in [0.4, 0.5) is 0 Å². The first-order valence-corrected chi connectivity index (χ1v) is 16.9. The highest BCUT2D eigenvalue weighted by atomic mass is 35.5. The Kier molecular flexibility index (Phi) is 8.15. The number of ether oxygens (including phenoxy) is 1. The average molecular weight is 664 g/mol. The Hall–Kier alpha value is -2.82. The first-order valence-electron chi connectivity index (χ1n) is 13.9. The lowest BCUT2D eigenvalue weighted by Gasteiger charge is -2.47. The summed E-state index contributed by atoms with van der Waals surface area (Å²) in [4.78, 5) is 12.3. The van der Waals surface area contributed by atoms with Crippen molar-refractivity contribution in [1.82, 2.24) is 9.88 Å². The van der Waals surface area contributed by atoms with Gasteiger partial charge in [-0.1, -0.05) is 70.3 Å². The number of nitrogens with one attached hydrogen (secondary N) is 1. The molecule has 1 heterocycles. The number of aliphatic hydroxyl groups is 1. The van der Waals surface area contributed by atoms with E-state index < -0.39 is 21.5 Å². The summed E-state index contributed by atoms with van der Waals surface area (Å²) in [6, 6.07) is 10.5. The highest BCUT2D eigenvalue weighted by Gasteiger charge is 2.48. The Balaban J connectivity index is 1.13. The molecule has 1 atom stereocenters. The topological polar surface area (TPSA) is 119 Å². The smallest absolute Gasteiger partial charge is 0.260 e. The number of hydrogen-bond acceptors (Lipinski definition) is 7. The maximum absolute atomic E-state index is 12.3. The van der Waals surface area contributed by atoms with Gasteiger partial charge in [-0.3, -0.25) is 4.79 Å². The second kappa shape index (κ2) is 11.6. The zero-order valence-corrected chi connectivity index (χ0v) is 26.2. The molecule has 2 aromatic carbocycles. The number of carbonyl (C=O) groups excluding carboxylic acids is 1. The van der Waals surface area contributed by atoms with Crippen LogP contribution in [0, 0.1) is 11.8 Å². The molecule has 0 radical (unpaired) electrons. The lowest BCUT2D eigenvalue weighted by Crippen LogP contribution is -2.44. The minimum Gasteiger partial charge on any atom is -0.489 e. The monoisotopic (exact) mass is 662 g/mol. The minimum absolute atomic E-state index is 0.00276. The van der Waals surface area contributed by atoms with Gasteiger partial charge in [0.15, 0.2) is 0 Å². The molecule has 2 fully saturated rings. The number of carbonyl (C=O) groups is 1. The summed E-state index contributed by atoms with van der Waals surface area (Å²) in [6.45, 7) is 0.172. The molecule has 0 spiro atoms. The summed E-state index contributed by atoms with van der Waals surface area (Å²) in [5.74, 6) is 1.06. The van der Waals surface area contributed by atoms with Crippen LogP contribution in [0.25, 0.3) is 11.3 Å². The molecule has 3 aliphatic carbocycles. The van der Waals surface area contributed by atoms with Crippen molar-refractivity contribution in [2.45, 2.75) is 50.2 Å². The van der Waals surface area contributed by atoms with E-state index in [4.69, 9.17) is 44.1 Å². The van der Waals surface area contributed by atoms with Crippen LogP contribution < -0.4 is 9.46 Å². The van der Waals surface area contributed by atoms with Crippen LogP contribution in [0.2, 0.25) is 15.1 Å². The maximum atomic E-state index is 12.3. The lowest BCUT2D eigenvalue weighted by molar-refractivity contribution is -0.116. The molecule has 1 amide bonds. The van der Waals surface area contributed by atoms with Crippen molar-refractivity contribution < 1.29 is 27.6 Å². The Bertz CT molecular complexity index is 1740. The molecule has 2 N–H and O–H groups in total. The average Bonchev–Trinajstić information content (AvgIpc) is 3.69. The molecule has 6 rings (SSSR count). The van der Waals surface area contributed by atoms with E-state index in [-0.39, 0.29) is 24.4 Å². The van der Waals surface area contributed by atoms with Crippen LogP contribution in [0.5, 0.6) is 5.75 Å². The highest BCUT2D eigenvalue weighted by Crippen LogP contribution is 2.53. The number of hydrogen-bond donors (Lipinski definition) is 2. The van der Waals surface area contributed by atoms with Crippen molar-refractivity contribution in [2.75, 3.05) is 6.26 Å². The summed E-state index contributed by atoms with van der Waals surface area (Å²) in [7, 11) is -3.65. The molecular formula is C31H29Cl3N2O6S. The van der Waals surface area contributed by atoms with Crippen LogP contribution in [-0.4, -0.2) is 30.8 Å². The fourth-order valence-corrected chi connectivity index (χ4v) is 7.32. The molecule has 0 bridgehead atoms. The number of amides is 1. The number of halogens is 3. The van der Waals surface area contributed by atoms with Crippen molar-refractivity contribution in [3.63, 3.8) is 0 Å². The normalized spacial score (nSPS) is 23.4. The summed E-state index contributed by atoms with van der Waals surface area (Å²) in [5.41, 5.74) is 1.82. The van der Waals surface area contributed by atoms with E-state index in [2.05, 4.69) is 5.16 Å². The van der Waals surface area contributed by atoms with Gasteiger partial charge in [0.2, 0.25) is 10.0 Å². The van der Waals surface area contributed by atoms with E-state index in [1.807, 2.05) is 10.8 Å². The molecule has 0 aliphatic heterocycles. The molecule has 3 aliphatic rings. The third-order valence-corrected chi connectivity index (χ3v) is 9.78. The van der Waals surface area contributed by atoms with E-state index >= 15 is 0 Å². The quantitative estimate of drug-likeness (QED) is 0.255. The van der Waals surface area contributed by atoms with Gasteiger partial charge < -0.3 is 14.4 Å². The van der Waals surface area contributed by atoms with Crippen LogP contribution in [0.15, 0.2) is 64.7 Å². The SMILES string of the molecule is CS(=O)(=O)NC(=O)C1=CC=CC([C@H]2C[C@](O)(c3ccc(OCc4c(-c5c(Cl)cccc5Cl)noc4C4CC4)cc3Cl)C2)C1. The third kappa shape index (κ3) is 6.37. The van der Waals surface area contributed by atoms with E-state index in [0.29, 0.717) is 62.5 Å². The molecule has 1 unspecified atom stereocenters. The molecule has 0 saturated heterocycles. The Morgan fingerprint density at radius 3 is 2.51 bits per heavy atom. The lowest BCUT2D eigenvalue weighted by atomic mass is 9.61. The first kappa shape index (κ1) is 30.2. The third-order valence-electron chi connectivity index (χ3n) is 8.28. The zero-order chi connectivity index (χ0) is 30.5. The second-order valence-corrected chi connectivity index (χ2v) is 14.5. The number of rotatable bonds is 9. The van der Waals surface area contributed by atoms with E-state index in [0.717, 1.165) is 30.4 Å². The van der Waals surface area contributed by atoms with Gasteiger partial charge in [0, 0.05) is 22.6 Å². The fraction of sp³-hybridized carbons (Fsp3) is 0.355. The molecule has 43 heavy (non-hydrogen) atoms. The highest BCUT2D eigenvalue weighted by molar-refractivity contribution is 7.89. The van der Waals surface area contributed by atoms with Crippen molar-refractivity contribution in [1.29, 1.82) is 0 Å². The van der Waals surface area contributed by atoms with Gasteiger partial charge >= 0.3 is 0 Å². The van der Waals surface area contributed by atoms with Crippen molar-refractivity contribution >= 4 is 50.7 Å². The van der Waals surface area contributed by atoms with E-state index in [1.165, 1.54) is 0 Å². The van der Waals surface area contributed by atoms with E-state index in [9.17, 15) is 18.3 Å². The molecule has 3 aromatic rings. The number of benzene rings is 2. The van der Waals surface area contributed by atoms with Gasteiger partial charge in [-0.15, -0.1) is 0 Å². The van der Waals surface area contributed by atoms with Gasteiger partial charge in [0.25, 0.3) is 5.91 Å². The maximum Gasteiger partial charge on any atom is 0.260 e. The number of aromatic nitrogens is 1. The standard InChI is InChI=1S/C31H29Cl3N2O6S/c1-43(39,40)36-30(37)19-5-2-4-18(12-19)20-14-31(38,15-20)23-11-10-21(13-26(23)34)41-16-22-28(35-42-29(22)17-8-9-17)27-24(32)6-3-7-25(27)33/h2-7,10-11,13,17-18,20,38H,8-9,12,14-16H2,1H3,(H,36,37)/t18?,20-,31+. The van der Waals surface area contributed by atoms with Crippen molar-refractivity contribution in [2.24, 2.45) is 11.8 Å². The van der Waals surface area contributed by atoms with Gasteiger partial charge in [0.1, 0.15) is 23.8 Å². The molecule has 226 valence electrons. The molecule has 8 nitrogen and oxygen atoms in total. The first-order chi connectivity index (χ1) is 20.4. The Labute approximate surface area is 264 Å². The second-order valence-electron chi connectivity index (χ2n) is 11.5. The number of nitrogens with zero attached hydrogens (tertiary/aromatic N) is 1. The molecule has 12 heteroatoms. The predicted octanol–water partition coefficient (Wildman–Crippen LogP) is 6.93. The van der Waals surface area contributed by atoms with Crippen molar-refractivity contribution in [3.8, 4) is 17.0 Å².